The fraction of sp³-hybridized carbons (Fsp3) is 0.462. The first-order valence-electron chi connectivity index (χ1n) is 5.98. The molecule has 1 aromatic carbocycles. The molecule has 0 radical (unpaired) electrons. The summed E-state index contributed by atoms with van der Waals surface area (Å²) in [6, 6.07) is 5.46. The molecule has 0 aliphatic carbocycles. The minimum atomic E-state index is -0.304. The van der Waals surface area contributed by atoms with Crippen molar-refractivity contribution in [2.45, 2.75) is 19.8 Å². The summed E-state index contributed by atoms with van der Waals surface area (Å²) in [4.78, 5) is 12.3. The number of carbonyl (C=O) groups is 1. The Morgan fingerprint density at radius 3 is 2.72 bits per heavy atom. The molecule has 1 saturated heterocycles. The maximum absolute atomic E-state index is 12.3. The molecule has 0 saturated carbocycles. The average Bonchev–Trinajstić information content (AvgIpc) is 2.33. The van der Waals surface area contributed by atoms with Gasteiger partial charge >= 0.3 is 0 Å². The van der Waals surface area contributed by atoms with Gasteiger partial charge in [-0.25, -0.2) is 0 Å². The minimum Gasteiger partial charge on any atom is -0.324 e. The summed E-state index contributed by atoms with van der Waals surface area (Å²) in [6.07, 6.45) is 1.71. The Labute approximate surface area is 120 Å². The van der Waals surface area contributed by atoms with Crippen LogP contribution >= 0.6 is 27.5 Å². The van der Waals surface area contributed by atoms with Gasteiger partial charge in [0, 0.05) is 9.89 Å². The van der Waals surface area contributed by atoms with Crippen molar-refractivity contribution < 1.29 is 4.79 Å². The standard InChI is InChI=1S/C13H16BrClN2O/c1-13(4-6-16-7-5-13)12(18)17-11-3-2-9(14)8-10(11)15/h2-3,8,16H,4-7H2,1H3,(H,17,18). The van der Waals surface area contributed by atoms with Gasteiger partial charge in [-0.2, -0.15) is 0 Å². The zero-order valence-corrected chi connectivity index (χ0v) is 12.6. The molecular weight excluding hydrogens is 316 g/mol. The summed E-state index contributed by atoms with van der Waals surface area (Å²) >= 11 is 9.45. The van der Waals surface area contributed by atoms with E-state index in [0.717, 1.165) is 30.4 Å². The first-order chi connectivity index (χ1) is 8.51. The first kappa shape index (κ1) is 13.8. The second kappa shape index (κ2) is 5.59. The summed E-state index contributed by atoms with van der Waals surface area (Å²) in [7, 11) is 0. The monoisotopic (exact) mass is 330 g/mol. The van der Waals surface area contributed by atoms with Crippen LogP contribution in [0.4, 0.5) is 5.69 Å². The predicted molar refractivity (Wildman–Crippen MR) is 78.0 cm³/mol. The molecule has 1 fully saturated rings. The Bertz CT molecular complexity index is 458. The van der Waals surface area contributed by atoms with Gasteiger partial charge < -0.3 is 10.6 Å². The zero-order valence-electron chi connectivity index (χ0n) is 10.2. The van der Waals surface area contributed by atoms with E-state index in [1.54, 1.807) is 6.07 Å². The molecule has 0 atom stereocenters. The highest BCUT2D eigenvalue weighted by molar-refractivity contribution is 9.10. The molecule has 0 bridgehead atoms. The van der Waals surface area contributed by atoms with Crippen LogP contribution < -0.4 is 10.6 Å². The highest BCUT2D eigenvalue weighted by atomic mass is 79.9. The number of carbonyl (C=O) groups excluding carboxylic acids is 1. The molecule has 1 heterocycles. The van der Waals surface area contributed by atoms with Gasteiger partial charge in [-0.15, -0.1) is 0 Å². The van der Waals surface area contributed by atoms with Crippen molar-refractivity contribution in [3.8, 4) is 0 Å². The van der Waals surface area contributed by atoms with Crippen molar-refractivity contribution in [2.24, 2.45) is 5.41 Å². The number of hydrogen-bond donors (Lipinski definition) is 2. The lowest BCUT2D eigenvalue weighted by Crippen LogP contribution is -2.42. The Hall–Kier alpha value is -0.580. The van der Waals surface area contributed by atoms with Crippen LogP contribution in [-0.2, 0) is 4.79 Å². The van der Waals surface area contributed by atoms with Gasteiger partial charge in [-0.1, -0.05) is 34.5 Å². The lowest BCUT2D eigenvalue weighted by Gasteiger charge is -2.32. The van der Waals surface area contributed by atoms with Crippen molar-refractivity contribution in [2.75, 3.05) is 18.4 Å². The second-order valence-electron chi connectivity index (χ2n) is 4.89. The molecule has 98 valence electrons. The molecule has 2 N–H and O–H groups in total. The fourth-order valence-electron chi connectivity index (χ4n) is 2.07. The molecule has 0 aromatic heterocycles. The van der Waals surface area contributed by atoms with Crippen LogP contribution in [0.3, 0.4) is 0 Å². The van der Waals surface area contributed by atoms with Crippen LogP contribution in [0.5, 0.6) is 0 Å². The van der Waals surface area contributed by atoms with E-state index in [2.05, 4.69) is 26.6 Å². The van der Waals surface area contributed by atoms with E-state index < -0.39 is 0 Å². The average molecular weight is 332 g/mol. The van der Waals surface area contributed by atoms with Crippen LogP contribution in [0.15, 0.2) is 22.7 Å². The van der Waals surface area contributed by atoms with E-state index in [-0.39, 0.29) is 11.3 Å². The Kier molecular flexibility index (Phi) is 4.30. The van der Waals surface area contributed by atoms with Crippen molar-refractivity contribution in [3.63, 3.8) is 0 Å². The van der Waals surface area contributed by atoms with Gasteiger partial charge in [0.1, 0.15) is 0 Å². The van der Waals surface area contributed by atoms with Crippen LogP contribution in [0.1, 0.15) is 19.8 Å². The third kappa shape index (κ3) is 3.05. The van der Waals surface area contributed by atoms with Gasteiger partial charge in [0.05, 0.1) is 10.7 Å². The predicted octanol–water partition coefficient (Wildman–Crippen LogP) is 3.43. The maximum Gasteiger partial charge on any atom is 0.230 e. The number of anilines is 1. The Morgan fingerprint density at radius 1 is 1.44 bits per heavy atom. The number of benzene rings is 1. The molecule has 1 aliphatic heterocycles. The second-order valence-corrected chi connectivity index (χ2v) is 6.21. The Balaban J connectivity index is 2.11. The summed E-state index contributed by atoms with van der Waals surface area (Å²) in [6.45, 7) is 3.78. The minimum absolute atomic E-state index is 0.0493. The van der Waals surface area contributed by atoms with Crippen molar-refractivity contribution in [1.29, 1.82) is 0 Å². The summed E-state index contributed by atoms with van der Waals surface area (Å²) in [5, 5.41) is 6.74. The van der Waals surface area contributed by atoms with Gasteiger partial charge in [0.2, 0.25) is 5.91 Å². The highest BCUT2D eigenvalue weighted by Gasteiger charge is 2.34. The number of hydrogen-bond acceptors (Lipinski definition) is 2. The first-order valence-corrected chi connectivity index (χ1v) is 7.16. The van der Waals surface area contributed by atoms with Crippen LogP contribution in [0, 0.1) is 5.41 Å². The number of amides is 1. The largest absolute Gasteiger partial charge is 0.324 e. The SMILES string of the molecule is CC1(C(=O)Nc2ccc(Br)cc2Cl)CCNCC1. The van der Waals surface area contributed by atoms with Gasteiger partial charge in [0.15, 0.2) is 0 Å². The topological polar surface area (TPSA) is 41.1 Å². The summed E-state index contributed by atoms with van der Waals surface area (Å²) < 4.78 is 0.901. The molecule has 3 nitrogen and oxygen atoms in total. The quantitative estimate of drug-likeness (QED) is 0.871. The molecular formula is C13H16BrClN2O. The number of halogens is 2. The lowest BCUT2D eigenvalue weighted by molar-refractivity contribution is -0.126. The van der Waals surface area contributed by atoms with Gasteiger partial charge in [-0.3, -0.25) is 4.79 Å². The molecule has 1 aliphatic rings. The third-order valence-electron chi connectivity index (χ3n) is 3.43. The number of rotatable bonds is 2. The van der Waals surface area contributed by atoms with Crippen molar-refractivity contribution >= 4 is 39.1 Å². The van der Waals surface area contributed by atoms with E-state index in [1.807, 2.05) is 19.1 Å². The smallest absolute Gasteiger partial charge is 0.230 e. The normalized spacial score (nSPS) is 18.4. The summed E-state index contributed by atoms with van der Waals surface area (Å²) in [5.41, 5.74) is 0.367. The molecule has 2 rings (SSSR count). The molecule has 1 aromatic rings. The van der Waals surface area contributed by atoms with Crippen molar-refractivity contribution in [1.82, 2.24) is 5.32 Å². The Morgan fingerprint density at radius 2 is 2.11 bits per heavy atom. The molecule has 0 spiro atoms. The van der Waals surface area contributed by atoms with E-state index in [4.69, 9.17) is 11.6 Å². The maximum atomic E-state index is 12.3. The molecule has 0 unspecified atom stereocenters. The van der Waals surface area contributed by atoms with Gasteiger partial charge in [0.25, 0.3) is 0 Å². The molecule has 5 heteroatoms. The molecule has 1 amide bonds. The van der Waals surface area contributed by atoms with E-state index in [9.17, 15) is 4.79 Å². The fourth-order valence-corrected chi connectivity index (χ4v) is 2.79. The van der Waals surface area contributed by atoms with Crippen LogP contribution in [0.2, 0.25) is 5.02 Å². The summed E-state index contributed by atoms with van der Waals surface area (Å²) in [5.74, 6) is 0.0493. The van der Waals surface area contributed by atoms with E-state index in [0.29, 0.717) is 10.7 Å². The zero-order chi connectivity index (χ0) is 13.2. The molecule has 18 heavy (non-hydrogen) atoms. The van der Waals surface area contributed by atoms with Crippen molar-refractivity contribution in [3.05, 3.63) is 27.7 Å². The number of piperidine rings is 1. The van der Waals surface area contributed by atoms with Crippen LogP contribution in [0.25, 0.3) is 0 Å². The van der Waals surface area contributed by atoms with Crippen LogP contribution in [-0.4, -0.2) is 19.0 Å². The lowest BCUT2D eigenvalue weighted by atomic mass is 9.80. The highest BCUT2D eigenvalue weighted by Crippen LogP contribution is 2.32. The van der Waals surface area contributed by atoms with Gasteiger partial charge in [-0.05, 0) is 44.1 Å². The van der Waals surface area contributed by atoms with E-state index >= 15 is 0 Å². The van der Waals surface area contributed by atoms with E-state index in [1.165, 1.54) is 0 Å². The third-order valence-corrected chi connectivity index (χ3v) is 4.24. The number of nitrogens with one attached hydrogen (secondary N) is 2.